The number of hydrogen-bond donors (Lipinski definition) is 0. The number of aromatic nitrogens is 2. The second kappa shape index (κ2) is 7.40. The third-order valence-corrected chi connectivity index (χ3v) is 3.14. The molecule has 0 bridgehead atoms. The molecule has 0 atom stereocenters. The fourth-order valence-electron chi connectivity index (χ4n) is 2.03. The normalized spacial score (nSPS) is 10.3. The summed E-state index contributed by atoms with van der Waals surface area (Å²) in [5, 5.41) is 4.19. The molecule has 116 valence electrons. The Labute approximate surface area is 129 Å². The first-order valence-electron chi connectivity index (χ1n) is 7.20. The maximum Gasteiger partial charge on any atom is 0.325 e. The average Bonchev–Trinajstić information content (AvgIpc) is 3.03. The fourth-order valence-corrected chi connectivity index (χ4v) is 2.03. The molecular weight excluding hydrogens is 282 g/mol. The minimum Gasteiger partial charge on any atom is -0.465 e. The molecular formula is C16H19N3O3. The zero-order valence-corrected chi connectivity index (χ0v) is 12.7. The van der Waals surface area contributed by atoms with Crippen LogP contribution < -0.4 is 0 Å². The monoisotopic (exact) mass is 301 g/mol. The highest BCUT2D eigenvalue weighted by Gasteiger charge is 2.19. The van der Waals surface area contributed by atoms with Crippen molar-refractivity contribution in [3.05, 3.63) is 48.3 Å². The van der Waals surface area contributed by atoms with Crippen LogP contribution >= 0.6 is 0 Å². The van der Waals surface area contributed by atoms with E-state index < -0.39 is 5.97 Å². The molecule has 0 radical (unpaired) electrons. The standard InChI is InChI=1S/C16H19N3O3/c1-3-18(12-15(20)22-4-2)16(21)13-10-17-19(11-13)14-8-6-5-7-9-14/h5-11H,3-4,12H2,1-2H3. The number of amides is 1. The highest BCUT2D eigenvalue weighted by Crippen LogP contribution is 2.10. The van der Waals surface area contributed by atoms with Crippen LogP contribution in [0.3, 0.4) is 0 Å². The van der Waals surface area contributed by atoms with Gasteiger partial charge in [0.05, 0.1) is 24.1 Å². The van der Waals surface area contributed by atoms with Crippen molar-refractivity contribution in [3.8, 4) is 5.69 Å². The minimum atomic E-state index is -0.409. The summed E-state index contributed by atoms with van der Waals surface area (Å²) in [7, 11) is 0. The van der Waals surface area contributed by atoms with Crippen LogP contribution in [0.2, 0.25) is 0 Å². The second-order valence-electron chi connectivity index (χ2n) is 4.63. The molecule has 0 unspecified atom stereocenters. The lowest BCUT2D eigenvalue weighted by molar-refractivity contribution is -0.143. The van der Waals surface area contributed by atoms with Crippen molar-refractivity contribution < 1.29 is 14.3 Å². The summed E-state index contributed by atoms with van der Waals surface area (Å²) in [4.78, 5) is 25.4. The van der Waals surface area contributed by atoms with Crippen molar-refractivity contribution in [2.24, 2.45) is 0 Å². The van der Waals surface area contributed by atoms with Crippen molar-refractivity contribution in [3.63, 3.8) is 0 Å². The van der Waals surface area contributed by atoms with Gasteiger partial charge in [0.2, 0.25) is 0 Å². The largest absolute Gasteiger partial charge is 0.465 e. The van der Waals surface area contributed by atoms with Gasteiger partial charge in [-0.1, -0.05) is 18.2 Å². The molecule has 0 saturated heterocycles. The van der Waals surface area contributed by atoms with Crippen molar-refractivity contribution in [1.29, 1.82) is 0 Å². The molecule has 2 aromatic rings. The Kier molecular flexibility index (Phi) is 5.30. The third kappa shape index (κ3) is 3.72. The molecule has 22 heavy (non-hydrogen) atoms. The highest BCUT2D eigenvalue weighted by molar-refractivity contribution is 5.95. The lowest BCUT2D eigenvalue weighted by atomic mass is 10.3. The van der Waals surface area contributed by atoms with Gasteiger partial charge in [0.1, 0.15) is 6.54 Å². The molecule has 0 spiro atoms. The first-order chi connectivity index (χ1) is 10.7. The van der Waals surface area contributed by atoms with Crippen LogP contribution in [0.5, 0.6) is 0 Å². The van der Waals surface area contributed by atoms with Crippen LogP contribution in [0, 0.1) is 0 Å². The van der Waals surface area contributed by atoms with Crippen LogP contribution in [-0.2, 0) is 9.53 Å². The Morgan fingerprint density at radius 3 is 2.59 bits per heavy atom. The number of carbonyl (C=O) groups is 2. The Morgan fingerprint density at radius 1 is 1.23 bits per heavy atom. The molecule has 1 amide bonds. The number of ether oxygens (including phenoxy) is 1. The van der Waals surface area contributed by atoms with E-state index >= 15 is 0 Å². The summed E-state index contributed by atoms with van der Waals surface area (Å²) in [6.45, 7) is 4.23. The van der Waals surface area contributed by atoms with Gasteiger partial charge < -0.3 is 9.64 Å². The molecule has 0 aliphatic rings. The van der Waals surface area contributed by atoms with E-state index in [-0.39, 0.29) is 12.5 Å². The predicted octanol–water partition coefficient (Wildman–Crippen LogP) is 1.90. The number of benzene rings is 1. The first-order valence-corrected chi connectivity index (χ1v) is 7.20. The van der Waals surface area contributed by atoms with Gasteiger partial charge in [0.25, 0.3) is 5.91 Å². The van der Waals surface area contributed by atoms with E-state index in [0.29, 0.717) is 18.7 Å². The van der Waals surface area contributed by atoms with Gasteiger partial charge >= 0.3 is 5.97 Å². The molecule has 0 aliphatic heterocycles. The van der Waals surface area contributed by atoms with E-state index in [1.165, 1.54) is 11.1 Å². The number of para-hydroxylation sites is 1. The first kappa shape index (κ1) is 15.8. The smallest absolute Gasteiger partial charge is 0.325 e. The van der Waals surface area contributed by atoms with Crippen molar-refractivity contribution >= 4 is 11.9 Å². The lowest BCUT2D eigenvalue weighted by Crippen LogP contribution is -2.36. The molecule has 6 heteroatoms. The van der Waals surface area contributed by atoms with Crippen LogP contribution in [-0.4, -0.2) is 46.3 Å². The van der Waals surface area contributed by atoms with Crippen LogP contribution in [0.25, 0.3) is 5.69 Å². The fraction of sp³-hybridized carbons (Fsp3) is 0.312. The zero-order chi connectivity index (χ0) is 15.9. The summed E-state index contributed by atoms with van der Waals surface area (Å²) in [5.74, 6) is -0.647. The lowest BCUT2D eigenvalue weighted by Gasteiger charge is -2.18. The van der Waals surface area contributed by atoms with Crippen LogP contribution in [0.1, 0.15) is 24.2 Å². The molecule has 6 nitrogen and oxygen atoms in total. The van der Waals surface area contributed by atoms with E-state index in [2.05, 4.69) is 5.10 Å². The molecule has 0 N–H and O–H groups in total. The third-order valence-electron chi connectivity index (χ3n) is 3.14. The molecule has 1 heterocycles. The van der Waals surface area contributed by atoms with Gasteiger partial charge in [-0.25, -0.2) is 4.68 Å². The molecule has 0 aliphatic carbocycles. The van der Waals surface area contributed by atoms with Crippen LogP contribution in [0.15, 0.2) is 42.7 Å². The molecule has 0 saturated carbocycles. The highest BCUT2D eigenvalue weighted by atomic mass is 16.5. The molecule has 1 aromatic heterocycles. The summed E-state index contributed by atoms with van der Waals surface area (Å²) in [6.07, 6.45) is 3.16. The van der Waals surface area contributed by atoms with E-state index in [9.17, 15) is 9.59 Å². The Balaban J connectivity index is 2.12. The van der Waals surface area contributed by atoms with E-state index in [1.807, 2.05) is 37.3 Å². The summed E-state index contributed by atoms with van der Waals surface area (Å²) < 4.78 is 6.51. The van der Waals surface area contributed by atoms with Gasteiger partial charge in [-0.05, 0) is 26.0 Å². The number of likely N-dealkylation sites (N-methyl/N-ethyl adjacent to an activating group) is 1. The maximum absolute atomic E-state index is 12.4. The van der Waals surface area contributed by atoms with Gasteiger partial charge in [0.15, 0.2) is 0 Å². The second-order valence-corrected chi connectivity index (χ2v) is 4.63. The maximum atomic E-state index is 12.4. The van der Waals surface area contributed by atoms with Gasteiger partial charge in [-0.3, -0.25) is 9.59 Å². The number of rotatable bonds is 6. The Morgan fingerprint density at radius 2 is 1.95 bits per heavy atom. The Hall–Kier alpha value is -2.63. The van der Waals surface area contributed by atoms with Crippen LogP contribution in [0.4, 0.5) is 0 Å². The number of hydrogen-bond acceptors (Lipinski definition) is 4. The zero-order valence-electron chi connectivity index (χ0n) is 12.7. The predicted molar refractivity (Wildman–Crippen MR) is 81.8 cm³/mol. The van der Waals surface area contributed by atoms with E-state index in [1.54, 1.807) is 17.8 Å². The quantitative estimate of drug-likeness (QED) is 0.764. The minimum absolute atomic E-state index is 0.0559. The average molecular weight is 301 g/mol. The summed E-state index contributed by atoms with van der Waals surface area (Å²) in [5.41, 5.74) is 1.31. The van der Waals surface area contributed by atoms with Gasteiger partial charge in [0, 0.05) is 12.7 Å². The summed E-state index contributed by atoms with van der Waals surface area (Å²) in [6, 6.07) is 9.52. The van der Waals surface area contributed by atoms with Crippen molar-refractivity contribution in [1.82, 2.24) is 14.7 Å². The topological polar surface area (TPSA) is 64.4 Å². The number of nitrogens with zero attached hydrogens (tertiary/aromatic N) is 3. The van der Waals surface area contributed by atoms with Crippen molar-refractivity contribution in [2.45, 2.75) is 13.8 Å². The molecule has 1 aromatic carbocycles. The van der Waals surface area contributed by atoms with E-state index in [4.69, 9.17) is 4.74 Å². The summed E-state index contributed by atoms with van der Waals surface area (Å²) >= 11 is 0. The van der Waals surface area contributed by atoms with Crippen molar-refractivity contribution in [2.75, 3.05) is 19.7 Å². The van der Waals surface area contributed by atoms with Gasteiger partial charge in [-0.15, -0.1) is 0 Å². The van der Waals surface area contributed by atoms with E-state index in [0.717, 1.165) is 5.69 Å². The molecule has 0 fully saturated rings. The number of esters is 1. The van der Waals surface area contributed by atoms with Gasteiger partial charge in [-0.2, -0.15) is 5.10 Å². The SMILES string of the molecule is CCOC(=O)CN(CC)C(=O)c1cnn(-c2ccccc2)c1. The number of carbonyl (C=O) groups excluding carboxylic acids is 2. The molecule has 2 rings (SSSR count). The Bertz CT molecular complexity index is 637.